The molecule has 2 heterocycles. The molecule has 22 heavy (non-hydrogen) atoms. The van der Waals surface area contributed by atoms with Gasteiger partial charge in [0.15, 0.2) is 4.34 Å². The Bertz CT molecular complexity index is 605. The van der Waals surface area contributed by atoms with E-state index in [1.807, 2.05) is 24.3 Å². The summed E-state index contributed by atoms with van der Waals surface area (Å²) >= 11 is 9.19. The standard InChI is InChI=1S/C14H16ClN3O2S2/c15-11-2-1-3-12(10-11)20-8-9-21-14-17-16-13(22-14)18-4-6-19-7-5-18/h1-3,10H,4-9H2. The first-order valence-electron chi connectivity index (χ1n) is 6.98. The van der Waals surface area contributed by atoms with Crippen molar-refractivity contribution in [2.24, 2.45) is 0 Å². The molecule has 0 unspecified atom stereocenters. The number of anilines is 1. The maximum Gasteiger partial charge on any atom is 0.209 e. The van der Waals surface area contributed by atoms with E-state index in [1.54, 1.807) is 23.1 Å². The van der Waals surface area contributed by atoms with Gasteiger partial charge in [0.1, 0.15) is 5.75 Å². The van der Waals surface area contributed by atoms with Gasteiger partial charge in [-0.3, -0.25) is 0 Å². The van der Waals surface area contributed by atoms with Crippen LogP contribution in [0.2, 0.25) is 5.02 Å². The SMILES string of the molecule is Clc1cccc(OCCSc2nnc(N3CCOCC3)s2)c1. The Kier molecular flexibility index (Phi) is 5.77. The molecule has 0 saturated carbocycles. The Hall–Kier alpha value is -1.02. The topological polar surface area (TPSA) is 47.5 Å². The van der Waals surface area contributed by atoms with Crippen molar-refractivity contribution in [2.75, 3.05) is 43.6 Å². The molecule has 3 rings (SSSR count). The summed E-state index contributed by atoms with van der Waals surface area (Å²) < 4.78 is 12.0. The summed E-state index contributed by atoms with van der Waals surface area (Å²) in [4.78, 5) is 2.22. The Balaban J connectivity index is 1.43. The van der Waals surface area contributed by atoms with Crippen molar-refractivity contribution in [3.05, 3.63) is 29.3 Å². The first-order valence-corrected chi connectivity index (χ1v) is 9.16. The summed E-state index contributed by atoms with van der Waals surface area (Å²) in [6.45, 7) is 3.90. The summed E-state index contributed by atoms with van der Waals surface area (Å²) in [5.74, 6) is 1.61. The molecule has 0 aliphatic carbocycles. The Morgan fingerprint density at radius 2 is 2.18 bits per heavy atom. The zero-order valence-corrected chi connectivity index (χ0v) is 14.3. The number of hydrogen-bond donors (Lipinski definition) is 0. The number of halogens is 1. The summed E-state index contributed by atoms with van der Waals surface area (Å²) in [6.07, 6.45) is 0. The smallest absolute Gasteiger partial charge is 0.209 e. The maximum atomic E-state index is 5.91. The second-order valence-electron chi connectivity index (χ2n) is 4.60. The number of hydrogen-bond acceptors (Lipinski definition) is 7. The lowest BCUT2D eigenvalue weighted by atomic mass is 10.3. The number of benzene rings is 1. The second kappa shape index (κ2) is 8.01. The number of ether oxygens (including phenoxy) is 2. The summed E-state index contributed by atoms with van der Waals surface area (Å²) in [5.41, 5.74) is 0. The van der Waals surface area contributed by atoms with Crippen molar-refractivity contribution in [1.82, 2.24) is 10.2 Å². The largest absolute Gasteiger partial charge is 0.493 e. The predicted octanol–water partition coefficient (Wildman–Crippen LogP) is 3.20. The van der Waals surface area contributed by atoms with Crippen LogP contribution < -0.4 is 9.64 Å². The summed E-state index contributed by atoms with van der Waals surface area (Å²) in [5, 5.41) is 10.1. The molecular formula is C14H16ClN3O2S2. The number of nitrogens with zero attached hydrogens (tertiary/aromatic N) is 3. The number of thioether (sulfide) groups is 1. The van der Waals surface area contributed by atoms with Crippen LogP contribution in [0.1, 0.15) is 0 Å². The fourth-order valence-corrected chi connectivity index (χ4v) is 3.95. The van der Waals surface area contributed by atoms with Gasteiger partial charge in [-0.15, -0.1) is 10.2 Å². The van der Waals surface area contributed by atoms with E-state index in [0.29, 0.717) is 11.6 Å². The van der Waals surface area contributed by atoms with Crippen LogP contribution in [0.4, 0.5) is 5.13 Å². The van der Waals surface area contributed by atoms with Gasteiger partial charge in [-0.2, -0.15) is 0 Å². The van der Waals surface area contributed by atoms with Crippen molar-refractivity contribution in [2.45, 2.75) is 4.34 Å². The molecule has 0 atom stereocenters. The average Bonchev–Trinajstić information content (AvgIpc) is 3.01. The quantitative estimate of drug-likeness (QED) is 0.584. The number of rotatable bonds is 6. The van der Waals surface area contributed by atoms with Gasteiger partial charge in [0.25, 0.3) is 0 Å². The van der Waals surface area contributed by atoms with E-state index in [0.717, 1.165) is 47.3 Å². The van der Waals surface area contributed by atoms with Gasteiger partial charge in [0.2, 0.25) is 5.13 Å². The zero-order valence-electron chi connectivity index (χ0n) is 11.9. The molecule has 2 aromatic rings. The third kappa shape index (κ3) is 4.49. The molecule has 0 amide bonds. The van der Waals surface area contributed by atoms with Gasteiger partial charge in [-0.25, -0.2) is 0 Å². The molecule has 1 aromatic carbocycles. The lowest BCUT2D eigenvalue weighted by Crippen LogP contribution is -2.36. The minimum Gasteiger partial charge on any atom is -0.493 e. The monoisotopic (exact) mass is 357 g/mol. The molecule has 0 radical (unpaired) electrons. The highest BCUT2D eigenvalue weighted by Crippen LogP contribution is 2.28. The summed E-state index contributed by atoms with van der Waals surface area (Å²) in [7, 11) is 0. The average molecular weight is 358 g/mol. The molecule has 1 aromatic heterocycles. The van der Waals surface area contributed by atoms with Crippen molar-refractivity contribution in [3.63, 3.8) is 0 Å². The molecule has 118 valence electrons. The molecule has 1 saturated heterocycles. The normalized spacial score (nSPS) is 15.0. The van der Waals surface area contributed by atoms with E-state index < -0.39 is 0 Å². The third-order valence-electron chi connectivity index (χ3n) is 3.05. The van der Waals surface area contributed by atoms with E-state index in [-0.39, 0.29) is 0 Å². The molecule has 5 nitrogen and oxygen atoms in total. The first kappa shape index (κ1) is 15.9. The Labute approximate surface area is 142 Å². The van der Waals surface area contributed by atoms with E-state index in [1.165, 1.54) is 0 Å². The number of aromatic nitrogens is 2. The van der Waals surface area contributed by atoms with Crippen LogP contribution in [-0.4, -0.2) is 48.9 Å². The van der Waals surface area contributed by atoms with E-state index in [9.17, 15) is 0 Å². The molecule has 1 fully saturated rings. The van der Waals surface area contributed by atoms with Crippen molar-refractivity contribution >= 4 is 39.8 Å². The highest BCUT2D eigenvalue weighted by molar-refractivity contribution is 8.01. The minimum atomic E-state index is 0.609. The van der Waals surface area contributed by atoms with Gasteiger partial charge in [-0.1, -0.05) is 40.8 Å². The number of morpholine rings is 1. The van der Waals surface area contributed by atoms with E-state index in [2.05, 4.69) is 15.1 Å². The lowest BCUT2D eigenvalue weighted by molar-refractivity contribution is 0.122. The molecule has 1 aliphatic heterocycles. The highest BCUT2D eigenvalue weighted by Gasteiger charge is 2.15. The zero-order chi connectivity index (χ0) is 15.2. The molecule has 1 aliphatic rings. The Morgan fingerprint density at radius 3 is 3.00 bits per heavy atom. The fraction of sp³-hybridized carbons (Fsp3) is 0.429. The molecule has 8 heteroatoms. The molecular weight excluding hydrogens is 342 g/mol. The van der Waals surface area contributed by atoms with Crippen LogP contribution >= 0.6 is 34.7 Å². The van der Waals surface area contributed by atoms with Crippen LogP contribution in [0.25, 0.3) is 0 Å². The van der Waals surface area contributed by atoms with Crippen LogP contribution in [0.15, 0.2) is 28.6 Å². The van der Waals surface area contributed by atoms with Gasteiger partial charge in [0, 0.05) is 23.9 Å². The van der Waals surface area contributed by atoms with Crippen molar-refractivity contribution in [1.29, 1.82) is 0 Å². The maximum absolute atomic E-state index is 5.91. The van der Waals surface area contributed by atoms with Gasteiger partial charge in [-0.05, 0) is 18.2 Å². The van der Waals surface area contributed by atoms with Gasteiger partial charge >= 0.3 is 0 Å². The summed E-state index contributed by atoms with van der Waals surface area (Å²) in [6, 6.07) is 7.42. The van der Waals surface area contributed by atoms with Crippen molar-refractivity contribution in [3.8, 4) is 5.75 Å². The van der Waals surface area contributed by atoms with Crippen LogP contribution in [0.3, 0.4) is 0 Å². The first-order chi connectivity index (χ1) is 10.8. The second-order valence-corrected chi connectivity index (χ2v) is 7.34. The predicted molar refractivity (Wildman–Crippen MR) is 90.6 cm³/mol. The molecule has 0 spiro atoms. The molecule has 0 N–H and O–H groups in total. The van der Waals surface area contributed by atoms with Crippen molar-refractivity contribution < 1.29 is 9.47 Å². The van der Waals surface area contributed by atoms with E-state index >= 15 is 0 Å². The Morgan fingerprint density at radius 1 is 1.32 bits per heavy atom. The van der Waals surface area contributed by atoms with Gasteiger partial charge in [0.05, 0.1) is 19.8 Å². The van der Waals surface area contributed by atoms with Gasteiger partial charge < -0.3 is 14.4 Å². The molecule has 0 bridgehead atoms. The van der Waals surface area contributed by atoms with Crippen LogP contribution in [0.5, 0.6) is 5.75 Å². The van der Waals surface area contributed by atoms with E-state index in [4.69, 9.17) is 21.1 Å². The highest BCUT2D eigenvalue weighted by atomic mass is 35.5. The lowest BCUT2D eigenvalue weighted by Gasteiger charge is -2.25. The fourth-order valence-electron chi connectivity index (χ4n) is 1.99. The third-order valence-corrected chi connectivity index (χ3v) is 5.37. The van der Waals surface area contributed by atoms with Crippen LogP contribution in [-0.2, 0) is 4.74 Å². The minimum absolute atomic E-state index is 0.609. The van der Waals surface area contributed by atoms with Crippen LogP contribution in [0, 0.1) is 0 Å².